The van der Waals surface area contributed by atoms with Crippen LogP contribution >= 0.6 is 0 Å². The van der Waals surface area contributed by atoms with Crippen molar-refractivity contribution in [3.8, 4) is 0 Å². The molecule has 1 N–H and O–H groups in total. The third-order valence-electron chi connectivity index (χ3n) is 11.0. The van der Waals surface area contributed by atoms with Gasteiger partial charge in [-0.25, -0.2) is 4.79 Å². The largest absolute Gasteiger partial charge is 0.462 e. The first-order chi connectivity index (χ1) is 16.8. The quantitative estimate of drug-likeness (QED) is 0.444. The second kappa shape index (κ2) is 8.41. The van der Waals surface area contributed by atoms with Crippen LogP contribution in [0.5, 0.6) is 0 Å². The Bertz CT molecular complexity index is 1090. The Hall–Kier alpha value is -2.21. The Morgan fingerprint density at radius 1 is 1.19 bits per heavy atom. The first-order valence-corrected chi connectivity index (χ1v) is 13.5. The summed E-state index contributed by atoms with van der Waals surface area (Å²) in [4.78, 5) is 38.2. The van der Waals surface area contributed by atoms with Crippen molar-refractivity contribution in [2.45, 2.75) is 97.9 Å². The molecule has 1 heterocycles. The summed E-state index contributed by atoms with van der Waals surface area (Å²) in [7, 11) is 0. The van der Waals surface area contributed by atoms with Crippen LogP contribution in [0.25, 0.3) is 0 Å². The van der Waals surface area contributed by atoms with Crippen LogP contribution in [0.1, 0.15) is 80.1 Å². The smallest absolute Gasteiger partial charge is 0.334 e. The lowest BCUT2D eigenvalue weighted by molar-refractivity contribution is -0.208. The van der Waals surface area contributed by atoms with Crippen molar-refractivity contribution in [1.29, 1.82) is 0 Å². The van der Waals surface area contributed by atoms with Gasteiger partial charge in [0.05, 0.1) is 5.41 Å². The van der Waals surface area contributed by atoms with Gasteiger partial charge in [-0.1, -0.05) is 30.2 Å². The fraction of sp³-hybridized carbons (Fsp3) is 0.700. The Kier molecular flexibility index (Phi) is 5.94. The molecule has 1 aliphatic heterocycles. The average molecular weight is 497 g/mol. The molecule has 36 heavy (non-hydrogen) atoms. The summed E-state index contributed by atoms with van der Waals surface area (Å²) in [6.45, 7) is 11.2. The van der Waals surface area contributed by atoms with Gasteiger partial charge in [-0.05, 0) is 83.6 Å². The number of fused-ring (bicyclic) bond motifs is 5. The van der Waals surface area contributed by atoms with Gasteiger partial charge in [0.15, 0.2) is 5.78 Å². The molecule has 0 aromatic heterocycles. The second-order valence-electron chi connectivity index (χ2n) is 12.6. The van der Waals surface area contributed by atoms with E-state index < -0.39 is 28.6 Å². The van der Waals surface area contributed by atoms with Crippen molar-refractivity contribution in [1.82, 2.24) is 0 Å². The summed E-state index contributed by atoms with van der Waals surface area (Å²) in [5, 5.41) is 12.1. The molecular formula is C30H40O6. The van der Waals surface area contributed by atoms with E-state index in [4.69, 9.17) is 9.47 Å². The van der Waals surface area contributed by atoms with Crippen molar-refractivity contribution in [3.63, 3.8) is 0 Å². The van der Waals surface area contributed by atoms with E-state index in [1.54, 1.807) is 19.9 Å². The third kappa shape index (κ3) is 3.43. The van der Waals surface area contributed by atoms with E-state index in [-0.39, 0.29) is 41.4 Å². The molecule has 9 unspecified atom stereocenters. The van der Waals surface area contributed by atoms with Crippen LogP contribution in [-0.2, 0) is 23.9 Å². The molecule has 196 valence electrons. The fourth-order valence-corrected chi connectivity index (χ4v) is 8.84. The monoisotopic (exact) mass is 496 g/mol. The van der Waals surface area contributed by atoms with Gasteiger partial charge in [-0.15, -0.1) is 0 Å². The lowest BCUT2D eigenvalue weighted by Gasteiger charge is -2.60. The van der Waals surface area contributed by atoms with Crippen molar-refractivity contribution < 1.29 is 29.0 Å². The number of esters is 2. The number of aliphatic hydroxyl groups is 1. The summed E-state index contributed by atoms with van der Waals surface area (Å²) >= 11 is 0. The van der Waals surface area contributed by atoms with Crippen LogP contribution in [0.4, 0.5) is 0 Å². The predicted octanol–water partition coefficient (Wildman–Crippen LogP) is 4.86. The van der Waals surface area contributed by atoms with E-state index in [0.29, 0.717) is 18.4 Å². The molecule has 9 atom stereocenters. The number of hydrogen-bond donors (Lipinski definition) is 1. The zero-order valence-electron chi connectivity index (χ0n) is 22.4. The number of rotatable bonds is 3. The van der Waals surface area contributed by atoms with Crippen LogP contribution in [0, 0.1) is 34.5 Å². The Morgan fingerprint density at radius 2 is 1.92 bits per heavy atom. The number of cyclic esters (lactones) is 1. The van der Waals surface area contributed by atoms with E-state index >= 15 is 0 Å². The molecule has 2 saturated carbocycles. The molecule has 0 aromatic rings. The first kappa shape index (κ1) is 25.4. The summed E-state index contributed by atoms with van der Waals surface area (Å²) in [5.74, 6) is -0.244. The van der Waals surface area contributed by atoms with Gasteiger partial charge in [-0.2, -0.15) is 0 Å². The van der Waals surface area contributed by atoms with Crippen molar-refractivity contribution in [3.05, 3.63) is 34.9 Å². The molecule has 0 spiro atoms. The number of allylic oxidation sites excluding steroid dienone is 4. The minimum absolute atomic E-state index is 0.0846. The molecule has 5 aliphatic rings. The standard InChI is InChI=1S/C30H40O6/c1-16-14-26(36-27(33)17(16)2)30(6,34)23-13-12-21-20-11-10-19-8-7-9-24(32)28(19,4)22(20)15-25(29(21,23)5)35-18(3)31/h7,9-10,20-23,25-26,34H,8,11-15H2,1-6H3. The SMILES string of the molecule is CC(=O)OC1CC2C(CC=C3CC=CC(=O)C32C)C2CCC(C(C)(O)C3CC(C)=C(C)C(=O)O3)C12C. The van der Waals surface area contributed by atoms with Crippen LogP contribution in [0.2, 0.25) is 0 Å². The molecule has 6 heteroatoms. The van der Waals surface area contributed by atoms with Crippen LogP contribution < -0.4 is 0 Å². The maximum Gasteiger partial charge on any atom is 0.334 e. The van der Waals surface area contributed by atoms with Gasteiger partial charge in [-0.3, -0.25) is 9.59 Å². The molecule has 0 radical (unpaired) electrons. The first-order valence-electron chi connectivity index (χ1n) is 13.5. The highest BCUT2D eigenvalue weighted by molar-refractivity contribution is 5.98. The van der Waals surface area contributed by atoms with Crippen molar-refractivity contribution >= 4 is 17.7 Å². The normalized spacial score (nSPS) is 43.6. The van der Waals surface area contributed by atoms with E-state index in [2.05, 4.69) is 19.9 Å². The molecule has 0 amide bonds. The molecule has 5 rings (SSSR count). The number of ether oxygens (including phenoxy) is 2. The highest BCUT2D eigenvalue weighted by atomic mass is 16.6. The summed E-state index contributed by atoms with van der Waals surface area (Å²) in [5.41, 5.74) is 0.390. The van der Waals surface area contributed by atoms with Crippen molar-refractivity contribution in [2.75, 3.05) is 0 Å². The summed E-state index contributed by atoms with van der Waals surface area (Å²) in [6, 6.07) is 0. The topological polar surface area (TPSA) is 89.9 Å². The molecule has 6 nitrogen and oxygen atoms in total. The van der Waals surface area contributed by atoms with Gasteiger partial charge < -0.3 is 14.6 Å². The van der Waals surface area contributed by atoms with E-state index in [1.807, 2.05) is 13.0 Å². The Morgan fingerprint density at radius 3 is 2.58 bits per heavy atom. The highest BCUT2D eigenvalue weighted by Gasteiger charge is 2.67. The molecule has 0 bridgehead atoms. The van der Waals surface area contributed by atoms with Gasteiger partial charge in [0, 0.05) is 30.3 Å². The maximum absolute atomic E-state index is 13.3. The zero-order valence-corrected chi connectivity index (χ0v) is 22.4. The van der Waals surface area contributed by atoms with Crippen LogP contribution in [0.3, 0.4) is 0 Å². The minimum atomic E-state index is -1.28. The highest BCUT2D eigenvalue weighted by Crippen LogP contribution is 2.67. The number of carbonyl (C=O) groups is 3. The lowest BCUT2D eigenvalue weighted by Crippen LogP contribution is -2.62. The Labute approximate surface area is 214 Å². The average Bonchev–Trinajstić information content (AvgIpc) is 3.17. The zero-order chi connectivity index (χ0) is 26.2. The lowest BCUT2D eigenvalue weighted by atomic mass is 9.46. The van der Waals surface area contributed by atoms with Crippen LogP contribution in [0.15, 0.2) is 34.9 Å². The molecule has 4 aliphatic carbocycles. The number of carbonyl (C=O) groups excluding carboxylic acids is 3. The van der Waals surface area contributed by atoms with Gasteiger partial charge in [0.2, 0.25) is 0 Å². The van der Waals surface area contributed by atoms with Crippen molar-refractivity contribution in [2.24, 2.45) is 34.5 Å². The molecular weight excluding hydrogens is 456 g/mol. The van der Waals surface area contributed by atoms with Gasteiger partial charge in [0.25, 0.3) is 0 Å². The number of hydrogen-bond acceptors (Lipinski definition) is 6. The van der Waals surface area contributed by atoms with E-state index in [9.17, 15) is 19.5 Å². The third-order valence-corrected chi connectivity index (χ3v) is 11.0. The Balaban J connectivity index is 1.54. The number of ketones is 1. The minimum Gasteiger partial charge on any atom is -0.462 e. The maximum atomic E-state index is 13.3. The van der Waals surface area contributed by atoms with Gasteiger partial charge >= 0.3 is 11.9 Å². The van der Waals surface area contributed by atoms with E-state index in [1.165, 1.54) is 12.5 Å². The van der Waals surface area contributed by atoms with Crippen LogP contribution in [-0.4, -0.2) is 40.6 Å². The summed E-state index contributed by atoms with van der Waals surface area (Å²) in [6.07, 6.45) is 9.32. The fourth-order valence-electron chi connectivity index (χ4n) is 8.84. The second-order valence-corrected chi connectivity index (χ2v) is 12.6. The summed E-state index contributed by atoms with van der Waals surface area (Å²) < 4.78 is 11.9. The van der Waals surface area contributed by atoms with Gasteiger partial charge in [0.1, 0.15) is 17.8 Å². The predicted molar refractivity (Wildman–Crippen MR) is 135 cm³/mol. The molecule has 0 aromatic carbocycles. The van der Waals surface area contributed by atoms with E-state index in [0.717, 1.165) is 31.3 Å². The molecule has 0 saturated heterocycles. The molecule has 2 fully saturated rings.